The number of nitrogens with zero attached hydrogens (tertiary/aromatic N) is 4. The number of halogens is 1. The van der Waals surface area contributed by atoms with E-state index in [4.69, 9.17) is 5.26 Å². The van der Waals surface area contributed by atoms with Gasteiger partial charge in [-0.05, 0) is 42.1 Å². The van der Waals surface area contributed by atoms with Gasteiger partial charge in [-0.1, -0.05) is 6.07 Å². The first-order valence-electron chi connectivity index (χ1n) is 5.44. The van der Waals surface area contributed by atoms with Gasteiger partial charge >= 0.3 is 0 Å². The molecule has 2 heterocycles. The molecule has 0 saturated carbocycles. The molecule has 0 saturated heterocycles. The van der Waals surface area contributed by atoms with Crippen molar-refractivity contribution in [2.45, 2.75) is 10.1 Å². The molecule has 0 aliphatic carbocycles. The number of benzene rings is 1. The Morgan fingerprint density at radius 2 is 2.11 bits per heavy atom. The van der Waals surface area contributed by atoms with Crippen LogP contribution in [0.15, 0.2) is 52.6 Å². The van der Waals surface area contributed by atoms with Gasteiger partial charge in [-0.15, -0.1) is 10.2 Å². The summed E-state index contributed by atoms with van der Waals surface area (Å²) >= 11 is 1.27. The third kappa shape index (κ3) is 2.28. The summed E-state index contributed by atoms with van der Waals surface area (Å²) in [6.07, 6.45) is 1.84. The van der Waals surface area contributed by atoms with E-state index in [1.54, 1.807) is 6.07 Å². The molecule has 0 aliphatic heterocycles. The highest BCUT2D eigenvalue weighted by atomic mass is 32.2. The molecule has 0 amide bonds. The third-order valence-corrected chi connectivity index (χ3v) is 3.42. The number of hydrogen-bond acceptors (Lipinski definition) is 4. The van der Waals surface area contributed by atoms with Crippen molar-refractivity contribution < 1.29 is 4.39 Å². The molecule has 1 aromatic carbocycles. The van der Waals surface area contributed by atoms with Crippen molar-refractivity contribution in [1.29, 1.82) is 5.26 Å². The van der Waals surface area contributed by atoms with Crippen molar-refractivity contribution in [2.24, 2.45) is 0 Å². The van der Waals surface area contributed by atoms with E-state index in [0.717, 1.165) is 5.65 Å². The van der Waals surface area contributed by atoms with Crippen molar-refractivity contribution in [3.63, 3.8) is 0 Å². The van der Waals surface area contributed by atoms with Gasteiger partial charge < -0.3 is 0 Å². The number of fused-ring (bicyclic) bond motifs is 1. The first-order valence-corrected chi connectivity index (χ1v) is 6.26. The molecule has 0 atom stereocenters. The number of pyridine rings is 1. The molecule has 0 fully saturated rings. The fraction of sp³-hybridized carbons (Fsp3) is 0. The Kier molecular flexibility index (Phi) is 2.89. The highest BCUT2D eigenvalue weighted by Gasteiger charge is 2.08. The van der Waals surface area contributed by atoms with Crippen LogP contribution in [0.25, 0.3) is 5.65 Å². The first-order chi connectivity index (χ1) is 9.26. The summed E-state index contributed by atoms with van der Waals surface area (Å²) in [5.41, 5.74) is 1.01. The Labute approximate surface area is 112 Å². The minimum atomic E-state index is -0.435. The molecule has 19 heavy (non-hydrogen) atoms. The molecule has 0 bridgehead atoms. The molecule has 0 aliphatic rings. The van der Waals surface area contributed by atoms with Gasteiger partial charge in [0.2, 0.25) is 0 Å². The zero-order chi connectivity index (χ0) is 13.2. The first kappa shape index (κ1) is 11.7. The lowest BCUT2D eigenvalue weighted by Crippen LogP contribution is -1.87. The molecule has 0 spiro atoms. The maximum Gasteiger partial charge on any atom is 0.200 e. The van der Waals surface area contributed by atoms with E-state index in [1.165, 1.54) is 23.9 Å². The van der Waals surface area contributed by atoms with E-state index in [2.05, 4.69) is 10.2 Å². The molecule has 3 aromatic rings. The summed E-state index contributed by atoms with van der Waals surface area (Å²) in [5.74, 6) is -0.435. The van der Waals surface area contributed by atoms with Crippen LogP contribution < -0.4 is 0 Å². The van der Waals surface area contributed by atoms with E-state index < -0.39 is 5.82 Å². The monoisotopic (exact) mass is 270 g/mol. The van der Waals surface area contributed by atoms with Gasteiger partial charge in [0.1, 0.15) is 5.82 Å². The SMILES string of the molecule is N#Cc1cc(F)cc(Sc2nnc3ccccn23)c1. The topological polar surface area (TPSA) is 54.0 Å². The Morgan fingerprint density at radius 1 is 1.21 bits per heavy atom. The molecule has 2 aromatic heterocycles. The Morgan fingerprint density at radius 3 is 2.95 bits per heavy atom. The molecule has 0 radical (unpaired) electrons. The third-order valence-electron chi connectivity index (χ3n) is 2.49. The molecule has 0 N–H and O–H groups in total. The molecular formula is C13H7FN4S. The maximum absolute atomic E-state index is 13.3. The van der Waals surface area contributed by atoms with Crippen LogP contribution in [0, 0.1) is 17.1 Å². The minimum absolute atomic E-state index is 0.288. The van der Waals surface area contributed by atoms with Crippen LogP contribution in [0.4, 0.5) is 4.39 Å². The largest absolute Gasteiger partial charge is 0.277 e. The van der Waals surface area contributed by atoms with Gasteiger partial charge in [-0.2, -0.15) is 5.26 Å². The number of hydrogen-bond donors (Lipinski definition) is 0. The Bertz CT molecular complexity index is 791. The van der Waals surface area contributed by atoms with Gasteiger partial charge in [-0.3, -0.25) is 4.40 Å². The summed E-state index contributed by atoms with van der Waals surface area (Å²) in [6, 6.07) is 11.7. The van der Waals surface area contributed by atoms with Crippen LogP contribution in [-0.2, 0) is 0 Å². The lowest BCUT2D eigenvalue weighted by atomic mass is 10.2. The Balaban J connectivity index is 2.02. The van der Waals surface area contributed by atoms with Crippen LogP contribution in [-0.4, -0.2) is 14.6 Å². The maximum atomic E-state index is 13.3. The Hall–Kier alpha value is -2.39. The van der Waals surface area contributed by atoms with Gasteiger partial charge in [0, 0.05) is 11.1 Å². The average molecular weight is 270 g/mol. The molecule has 3 rings (SSSR count). The second-order valence-corrected chi connectivity index (χ2v) is 4.84. The number of rotatable bonds is 2. The molecule has 92 valence electrons. The molecule has 0 unspecified atom stereocenters. The summed E-state index contributed by atoms with van der Waals surface area (Å²) in [7, 11) is 0. The van der Waals surface area contributed by atoms with Crippen molar-refractivity contribution in [2.75, 3.05) is 0 Å². The van der Waals surface area contributed by atoms with Crippen LogP contribution in [0.5, 0.6) is 0 Å². The summed E-state index contributed by atoms with van der Waals surface area (Å²) < 4.78 is 15.2. The highest BCUT2D eigenvalue weighted by Crippen LogP contribution is 2.27. The predicted octanol–water partition coefficient (Wildman–Crippen LogP) is 2.89. The fourth-order valence-electron chi connectivity index (χ4n) is 1.68. The average Bonchev–Trinajstić information content (AvgIpc) is 2.82. The minimum Gasteiger partial charge on any atom is -0.277 e. The van der Waals surface area contributed by atoms with Crippen LogP contribution in [0.3, 0.4) is 0 Å². The van der Waals surface area contributed by atoms with E-state index in [0.29, 0.717) is 10.1 Å². The van der Waals surface area contributed by atoms with Crippen LogP contribution in [0.1, 0.15) is 5.56 Å². The van der Waals surface area contributed by atoms with Gasteiger partial charge in [0.15, 0.2) is 10.8 Å². The summed E-state index contributed by atoms with van der Waals surface area (Å²) in [5, 5.41) is 17.5. The van der Waals surface area contributed by atoms with Crippen molar-refractivity contribution in [1.82, 2.24) is 14.6 Å². The summed E-state index contributed by atoms with van der Waals surface area (Å²) in [6.45, 7) is 0. The number of nitriles is 1. The lowest BCUT2D eigenvalue weighted by molar-refractivity contribution is 0.623. The normalized spacial score (nSPS) is 10.5. The smallest absolute Gasteiger partial charge is 0.200 e. The predicted molar refractivity (Wildman–Crippen MR) is 68.2 cm³/mol. The summed E-state index contributed by atoms with van der Waals surface area (Å²) in [4.78, 5) is 0.620. The van der Waals surface area contributed by atoms with Crippen LogP contribution in [0.2, 0.25) is 0 Å². The van der Waals surface area contributed by atoms with Gasteiger partial charge in [0.05, 0.1) is 11.6 Å². The fourth-order valence-corrected chi connectivity index (χ4v) is 2.58. The highest BCUT2D eigenvalue weighted by molar-refractivity contribution is 7.99. The van der Waals surface area contributed by atoms with Gasteiger partial charge in [-0.25, -0.2) is 4.39 Å². The quantitative estimate of drug-likeness (QED) is 0.718. The second kappa shape index (κ2) is 4.71. The van der Waals surface area contributed by atoms with E-state index in [9.17, 15) is 4.39 Å². The zero-order valence-corrected chi connectivity index (χ0v) is 10.4. The van der Waals surface area contributed by atoms with E-state index in [1.807, 2.05) is 34.9 Å². The molecule has 6 heteroatoms. The van der Waals surface area contributed by atoms with Crippen LogP contribution >= 0.6 is 11.8 Å². The number of aromatic nitrogens is 3. The standard InChI is InChI=1S/C13H7FN4S/c14-10-5-9(8-15)6-11(7-10)19-13-17-16-12-3-1-2-4-18(12)13/h1-7H. The zero-order valence-electron chi connectivity index (χ0n) is 9.62. The van der Waals surface area contributed by atoms with Crippen molar-refractivity contribution in [3.05, 3.63) is 54.0 Å². The molecular weight excluding hydrogens is 263 g/mol. The molecule has 4 nitrogen and oxygen atoms in total. The van der Waals surface area contributed by atoms with E-state index in [-0.39, 0.29) is 5.56 Å². The van der Waals surface area contributed by atoms with E-state index >= 15 is 0 Å². The van der Waals surface area contributed by atoms with Crippen molar-refractivity contribution >= 4 is 17.4 Å². The van der Waals surface area contributed by atoms with Gasteiger partial charge in [0.25, 0.3) is 0 Å². The second-order valence-electron chi connectivity index (χ2n) is 3.80. The van der Waals surface area contributed by atoms with Crippen molar-refractivity contribution in [3.8, 4) is 6.07 Å². The lowest BCUT2D eigenvalue weighted by Gasteiger charge is -2.01.